The van der Waals surface area contributed by atoms with Crippen molar-refractivity contribution in [2.75, 3.05) is 0 Å². The first-order chi connectivity index (χ1) is 7.18. The molecule has 0 aliphatic heterocycles. The van der Waals surface area contributed by atoms with Gasteiger partial charge in [-0.2, -0.15) is 0 Å². The van der Waals surface area contributed by atoms with Crippen molar-refractivity contribution in [3.63, 3.8) is 0 Å². The van der Waals surface area contributed by atoms with Gasteiger partial charge in [-0.05, 0) is 36.3 Å². The molecule has 0 bridgehead atoms. The topological polar surface area (TPSA) is 17.1 Å². The Morgan fingerprint density at radius 3 is 2.60 bits per heavy atom. The number of hydrogen-bond acceptors (Lipinski definition) is 1. The van der Waals surface area contributed by atoms with Gasteiger partial charge in [-0.25, -0.2) is 0 Å². The molecule has 0 saturated heterocycles. The lowest BCUT2D eigenvalue weighted by atomic mass is 9.95. The van der Waals surface area contributed by atoms with E-state index in [2.05, 4.69) is 26.0 Å². The number of benzene rings is 1. The van der Waals surface area contributed by atoms with Crippen LogP contribution in [0, 0.1) is 0 Å². The van der Waals surface area contributed by atoms with Gasteiger partial charge in [-0.15, -0.1) is 0 Å². The van der Waals surface area contributed by atoms with Crippen LogP contribution in [0.2, 0.25) is 0 Å². The van der Waals surface area contributed by atoms with Crippen LogP contribution in [0.15, 0.2) is 18.2 Å². The standard InChI is InChI=1S/C14H18O/c1-10(2)11-7-8-13-12(9-11)5-3-4-6-14(13)15/h7-10H,3-6H2,1-2H3. The molecule has 0 radical (unpaired) electrons. The van der Waals surface area contributed by atoms with E-state index < -0.39 is 0 Å². The zero-order chi connectivity index (χ0) is 10.8. The molecular weight excluding hydrogens is 184 g/mol. The summed E-state index contributed by atoms with van der Waals surface area (Å²) >= 11 is 0. The third-order valence-electron chi connectivity index (χ3n) is 3.20. The van der Waals surface area contributed by atoms with E-state index in [4.69, 9.17) is 0 Å². The van der Waals surface area contributed by atoms with Gasteiger partial charge in [0.2, 0.25) is 0 Å². The smallest absolute Gasteiger partial charge is 0.163 e. The molecule has 1 nitrogen and oxygen atoms in total. The predicted octanol–water partition coefficient (Wildman–Crippen LogP) is 3.72. The second kappa shape index (κ2) is 4.18. The Labute approximate surface area is 91.5 Å². The van der Waals surface area contributed by atoms with Crippen LogP contribution < -0.4 is 0 Å². The van der Waals surface area contributed by atoms with Crippen LogP contribution in [0.4, 0.5) is 0 Å². The number of carbonyl (C=O) groups is 1. The summed E-state index contributed by atoms with van der Waals surface area (Å²) in [6.07, 6.45) is 4.00. The number of carbonyl (C=O) groups excluding carboxylic acids is 1. The number of hydrogen-bond donors (Lipinski definition) is 0. The maximum absolute atomic E-state index is 11.8. The molecule has 1 aromatic rings. The molecule has 0 heterocycles. The molecule has 0 amide bonds. The average Bonchev–Trinajstić information content (AvgIpc) is 2.40. The first-order valence-corrected chi connectivity index (χ1v) is 5.84. The van der Waals surface area contributed by atoms with Crippen molar-refractivity contribution in [2.24, 2.45) is 0 Å². The van der Waals surface area contributed by atoms with Gasteiger partial charge < -0.3 is 0 Å². The van der Waals surface area contributed by atoms with Gasteiger partial charge in [0.15, 0.2) is 5.78 Å². The van der Waals surface area contributed by atoms with Crippen molar-refractivity contribution >= 4 is 5.78 Å². The molecule has 1 heteroatoms. The van der Waals surface area contributed by atoms with Gasteiger partial charge >= 0.3 is 0 Å². The van der Waals surface area contributed by atoms with E-state index in [1.54, 1.807) is 0 Å². The van der Waals surface area contributed by atoms with E-state index in [9.17, 15) is 4.79 Å². The van der Waals surface area contributed by atoms with Crippen LogP contribution >= 0.6 is 0 Å². The second-order valence-corrected chi connectivity index (χ2v) is 4.70. The van der Waals surface area contributed by atoms with E-state index >= 15 is 0 Å². The van der Waals surface area contributed by atoms with Gasteiger partial charge in [0, 0.05) is 12.0 Å². The number of ketones is 1. The summed E-state index contributed by atoms with van der Waals surface area (Å²) in [5, 5.41) is 0. The molecule has 15 heavy (non-hydrogen) atoms. The van der Waals surface area contributed by atoms with Crippen LogP contribution in [0.25, 0.3) is 0 Å². The molecule has 0 fully saturated rings. The van der Waals surface area contributed by atoms with Gasteiger partial charge in [0.1, 0.15) is 0 Å². The van der Waals surface area contributed by atoms with Crippen molar-refractivity contribution in [2.45, 2.75) is 45.4 Å². The normalized spacial score (nSPS) is 16.3. The fourth-order valence-electron chi connectivity index (χ4n) is 2.19. The number of Topliss-reactive ketones (excluding diaryl/α,β-unsaturated/α-hetero) is 1. The zero-order valence-electron chi connectivity index (χ0n) is 9.55. The Hall–Kier alpha value is -1.11. The lowest BCUT2D eigenvalue weighted by Gasteiger charge is -2.10. The first kappa shape index (κ1) is 10.4. The largest absolute Gasteiger partial charge is 0.294 e. The van der Waals surface area contributed by atoms with Gasteiger partial charge in [-0.1, -0.05) is 32.0 Å². The number of aryl methyl sites for hydroxylation is 1. The summed E-state index contributed by atoms with van der Waals surface area (Å²) in [5.41, 5.74) is 3.59. The van der Waals surface area contributed by atoms with E-state index in [1.165, 1.54) is 11.1 Å². The van der Waals surface area contributed by atoms with Crippen LogP contribution in [0.3, 0.4) is 0 Å². The molecule has 80 valence electrons. The Balaban J connectivity index is 2.42. The fraction of sp³-hybridized carbons (Fsp3) is 0.500. The highest BCUT2D eigenvalue weighted by molar-refractivity contribution is 5.97. The highest BCUT2D eigenvalue weighted by Crippen LogP contribution is 2.24. The summed E-state index contributed by atoms with van der Waals surface area (Å²) in [4.78, 5) is 11.8. The van der Waals surface area contributed by atoms with E-state index in [-0.39, 0.29) is 0 Å². The highest BCUT2D eigenvalue weighted by atomic mass is 16.1. The van der Waals surface area contributed by atoms with E-state index in [0.29, 0.717) is 11.7 Å². The molecule has 0 aromatic heterocycles. The Morgan fingerprint density at radius 1 is 1.13 bits per heavy atom. The number of fused-ring (bicyclic) bond motifs is 1. The Bertz CT molecular complexity index is 377. The summed E-state index contributed by atoms with van der Waals surface area (Å²) in [6.45, 7) is 4.39. The molecule has 2 rings (SSSR count). The molecule has 0 unspecified atom stereocenters. The lowest BCUT2D eigenvalue weighted by Crippen LogP contribution is -2.01. The van der Waals surface area contributed by atoms with Crippen molar-refractivity contribution in [1.82, 2.24) is 0 Å². The molecule has 1 aromatic carbocycles. The fourth-order valence-corrected chi connectivity index (χ4v) is 2.19. The molecule has 0 saturated carbocycles. The van der Waals surface area contributed by atoms with Crippen molar-refractivity contribution in [3.05, 3.63) is 34.9 Å². The van der Waals surface area contributed by atoms with Crippen LogP contribution in [0.5, 0.6) is 0 Å². The minimum absolute atomic E-state index is 0.331. The Kier molecular flexibility index (Phi) is 2.90. The summed E-state index contributed by atoms with van der Waals surface area (Å²) in [6, 6.07) is 6.36. The monoisotopic (exact) mass is 202 g/mol. The third kappa shape index (κ3) is 2.11. The van der Waals surface area contributed by atoms with Crippen LogP contribution in [-0.4, -0.2) is 5.78 Å². The second-order valence-electron chi connectivity index (χ2n) is 4.70. The SMILES string of the molecule is CC(C)c1ccc2c(c1)CCCCC2=O. The molecular formula is C14H18O. The van der Waals surface area contributed by atoms with E-state index in [0.717, 1.165) is 31.2 Å². The zero-order valence-corrected chi connectivity index (χ0v) is 9.55. The van der Waals surface area contributed by atoms with Gasteiger partial charge in [0.25, 0.3) is 0 Å². The number of rotatable bonds is 1. The molecule has 1 aliphatic rings. The maximum Gasteiger partial charge on any atom is 0.163 e. The van der Waals surface area contributed by atoms with Crippen molar-refractivity contribution < 1.29 is 4.79 Å². The van der Waals surface area contributed by atoms with Crippen LogP contribution in [0.1, 0.15) is 60.5 Å². The predicted molar refractivity (Wildman–Crippen MR) is 62.4 cm³/mol. The van der Waals surface area contributed by atoms with Crippen molar-refractivity contribution in [3.8, 4) is 0 Å². The summed E-state index contributed by atoms with van der Waals surface area (Å²) in [7, 11) is 0. The molecule has 0 N–H and O–H groups in total. The third-order valence-corrected chi connectivity index (χ3v) is 3.20. The quantitative estimate of drug-likeness (QED) is 0.634. The lowest BCUT2D eigenvalue weighted by molar-refractivity contribution is 0.0982. The highest BCUT2D eigenvalue weighted by Gasteiger charge is 2.15. The van der Waals surface area contributed by atoms with Gasteiger partial charge in [0.05, 0.1) is 0 Å². The average molecular weight is 202 g/mol. The minimum Gasteiger partial charge on any atom is -0.294 e. The molecule has 0 spiro atoms. The van der Waals surface area contributed by atoms with E-state index in [1.807, 2.05) is 6.07 Å². The summed E-state index contributed by atoms with van der Waals surface area (Å²) in [5.74, 6) is 0.881. The summed E-state index contributed by atoms with van der Waals surface area (Å²) < 4.78 is 0. The molecule has 0 atom stereocenters. The maximum atomic E-state index is 11.8. The van der Waals surface area contributed by atoms with Gasteiger partial charge in [-0.3, -0.25) is 4.79 Å². The van der Waals surface area contributed by atoms with Crippen molar-refractivity contribution in [1.29, 1.82) is 0 Å². The van der Waals surface area contributed by atoms with Crippen LogP contribution in [-0.2, 0) is 6.42 Å². The Morgan fingerprint density at radius 2 is 1.87 bits per heavy atom. The minimum atomic E-state index is 0.331. The molecule has 1 aliphatic carbocycles. The first-order valence-electron chi connectivity index (χ1n) is 5.84.